The first kappa shape index (κ1) is 14.3. The second-order valence-electron chi connectivity index (χ2n) is 5.49. The van der Waals surface area contributed by atoms with E-state index in [1.807, 2.05) is 0 Å². The summed E-state index contributed by atoms with van der Waals surface area (Å²) >= 11 is 0. The molecule has 3 nitrogen and oxygen atoms in total. The van der Waals surface area contributed by atoms with E-state index in [1.54, 1.807) is 0 Å². The topological polar surface area (TPSA) is 50.4 Å². The van der Waals surface area contributed by atoms with Gasteiger partial charge in [-0.05, 0) is 40.0 Å². The number of nitrogens with zero attached hydrogens (tertiary/aromatic N) is 1. The van der Waals surface area contributed by atoms with Crippen LogP contribution >= 0.6 is 0 Å². The fourth-order valence-electron chi connectivity index (χ4n) is 1.46. The van der Waals surface area contributed by atoms with E-state index in [4.69, 9.17) is 5.73 Å². The van der Waals surface area contributed by atoms with Crippen LogP contribution in [-0.4, -0.2) is 17.5 Å². The molecule has 0 heterocycles. The van der Waals surface area contributed by atoms with E-state index in [0.717, 1.165) is 6.42 Å². The largest absolute Gasteiger partial charge is 0.370 e. The lowest BCUT2D eigenvalue weighted by Gasteiger charge is -2.22. The van der Waals surface area contributed by atoms with Gasteiger partial charge >= 0.3 is 0 Å². The fraction of sp³-hybridized carbons (Fsp3) is 0.917. The molecule has 0 fully saturated rings. The SMILES string of the molecule is CCC(C)CC(C)N=C(N)NC(C)(C)C. The molecule has 3 N–H and O–H groups in total. The number of nitrogens with two attached hydrogens (primary N) is 1. The van der Waals surface area contributed by atoms with E-state index < -0.39 is 0 Å². The molecule has 0 amide bonds. The number of nitrogens with one attached hydrogen (secondary N) is 1. The Morgan fingerprint density at radius 3 is 2.27 bits per heavy atom. The quantitative estimate of drug-likeness (QED) is 0.557. The van der Waals surface area contributed by atoms with Crippen LogP contribution in [0.2, 0.25) is 0 Å². The van der Waals surface area contributed by atoms with Crippen molar-refractivity contribution in [1.29, 1.82) is 0 Å². The summed E-state index contributed by atoms with van der Waals surface area (Å²) in [5.74, 6) is 1.27. The van der Waals surface area contributed by atoms with Gasteiger partial charge in [0.25, 0.3) is 0 Å². The van der Waals surface area contributed by atoms with Crippen LogP contribution in [0.1, 0.15) is 54.4 Å². The van der Waals surface area contributed by atoms with Crippen LogP contribution < -0.4 is 11.1 Å². The summed E-state index contributed by atoms with van der Waals surface area (Å²) in [4.78, 5) is 4.43. The molecule has 2 unspecified atom stereocenters. The second kappa shape index (κ2) is 5.99. The van der Waals surface area contributed by atoms with Gasteiger partial charge in [-0.1, -0.05) is 20.3 Å². The highest BCUT2D eigenvalue weighted by molar-refractivity contribution is 5.78. The molecule has 0 aliphatic carbocycles. The molecule has 0 aliphatic rings. The van der Waals surface area contributed by atoms with E-state index in [-0.39, 0.29) is 5.54 Å². The fourth-order valence-corrected chi connectivity index (χ4v) is 1.46. The van der Waals surface area contributed by atoms with Crippen molar-refractivity contribution in [2.45, 2.75) is 66.0 Å². The van der Waals surface area contributed by atoms with Crippen molar-refractivity contribution in [3.05, 3.63) is 0 Å². The van der Waals surface area contributed by atoms with Gasteiger partial charge in [0.2, 0.25) is 0 Å². The Morgan fingerprint density at radius 2 is 1.87 bits per heavy atom. The third kappa shape index (κ3) is 8.28. The molecule has 0 rings (SSSR count). The third-order valence-electron chi connectivity index (χ3n) is 2.30. The van der Waals surface area contributed by atoms with Crippen LogP contribution in [-0.2, 0) is 0 Å². The Kier molecular flexibility index (Phi) is 5.69. The molecule has 0 bridgehead atoms. The summed E-state index contributed by atoms with van der Waals surface area (Å²) in [7, 11) is 0. The minimum Gasteiger partial charge on any atom is -0.370 e. The van der Waals surface area contributed by atoms with Crippen molar-refractivity contribution in [2.24, 2.45) is 16.6 Å². The van der Waals surface area contributed by atoms with Gasteiger partial charge in [-0.25, -0.2) is 0 Å². The molecular weight excluding hydrogens is 186 g/mol. The van der Waals surface area contributed by atoms with Gasteiger partial charge in [0.05, 0.1) is 6.04 Å². The van der Waals surface area contributed by atoms with Crippen molar-refractivity contribution < 1.29 is 0 Å². The molecule has 0 saturated heterocycles. The van der Waals surface area contributed by atoms with Crippen molar-refractivity contribution in [3.8, 4) is 0 Å². The smallest absolute Gasteiger partial charge is 0.189 e. The van der Waals surface area contributed by atoms with Crippen molar-refractivity contribution in [2.75, 3.05) is 0 Å². The maximum absolute atomic E-state index is 5.82. The van der Waals surface area contributed by atoms with Crippen LogP contribution in [0.4, 0.5) is 0 Å². The third-order valence-corrected chi connectivity index (χ3v) is 2.30. The molecule has 2 atom stereocenters. The average Bonchev–Trinajstić information content (AvgIpc) is 1.99. The first-order valence-electron chi connectivity index (χ1n) is 5.86. The van der Waals surface area contributed by atoms with Crippen molar-refractivity contribution in [1.82, 2.24) is 5.32 Å². The Bertz CT molecular complexity index is 203. The van der Waals surface area contributed by atoms with Gasteiger partial charge in [-0.2, -0.15) is 0 Å². The Morgan fingerprint density at radius 1 is 1.33 bits per heavy atom. The molecule has 0 aromatic heterocycles. The highest BCUT2D eigenvalue weighted by atomic mass is 15.1. The monoisotopic (exact) mass is 213 g/mol. The van der Waals surface area contributed by atoms with E-state index >= 15 is 0 Å². The Labute approximate surface area is 94.5 Å². The zero-order chi connectivity index (χ0) is 12.1. The van der Waals surface area contributed by atoms with Crippen LogP contribution in [0.15, 0.2) is 4.99 Å². The number of aliphatic imine (C=N–C) groups is 1. The van der Waals surface area contributed by atoms with E-state index in [9.17, 15) is 0 Å². The minimum atomic E-state index is -0.0102. The molecule has 3 heteroatoms. The number of guanidine groups is 1. The maximum Gasteiger partial charge on any atom is 0.189 e. The molecule has 15 heavy (non-hydrogen) atoms. The summed E-state index contributed by atoms with van der Waals surface area (Å²) < 4.78 is 0. The standard InChI is InChI=1S/C12H27N3/c1-7-9(2)8-10(3)14-11(13)15-12(4,5)6/h9-10H,7-8H2,1-6H3,(H3,13,14,15). The first-order chi connectivity index (χ1) is 6.74. The van der Waals surface area contributed by atoms with Gasteiger partial charge in [0.15, 0.2) is 5.96 Å². The lowest BCUT2D eigenvalue weighted by molar-refractivity contribution is 0.464. The Balaban J connectivity index is 4.11. The zero-order valence-corrected chi connectivity index (χ0v) is 11.1. The van der Waals surface area contributed by atoms with E-state index in [0.29, 0.717) is 17.9 Å². The predicted octanol–water partition coefficient (Wildman–Crippen LogP) is 2.51. The normalized spacial score (nSPS) is 17.3. The van der Waals surface area contributed by atoms with Crippen LogP contribution in [0, 0.1) is 5.92 Å². The van der Waals surface area contributed by atoms with Gasteiger partial charge in [-0.15, -0.1) is 0 Å². The van der Waals surface area contributed by atoms with Gasteiger partial charge in [0, 0.05) is 5.54 Å². The van der Waals surface area contributed by atoms with Gasteiger partial charge < -0.3 is 11.1 Å². The molecule has 0 saturated carbocycles. The highest BCUT2D eigenvalue weighted by Crippen LogP contribution is 2.11. The van der Waals surface area contributed by atoms with Crippen LogP contribution in [0.3, 0.4) is 0 Å². The molecule has 90 valence electrons. The molecule has 0 aromatic carbocycles. The lowest BCUT2D eigenvalue weighted by atomic mass is 10.0. The number of rotatable bonds is 4. The maximum atomic E-state index is 5.82. The van der Waals surface area contributed by atoms with E-state index in [1.165, 1.54) is 6.42 Å². The summed E-state index contributed by atoms with van der Waals surface area (Å²) in [6.07, 6.45) is 2.30. The summed E-state index contributed by atoms with van der Waals surface area (Å²) in [6.45, 7) is 12.8. The van der Waals surface area contributed by atoms with Gasteiger partial charge in [-0.3, -0.25) is 4.99 Å². The van der Waals surface area contributed by atoms with Crippen LogP contribution in [0.25, 0.3) is 0 Å². The highest BCUT2D eigenvalue weighted by Gasteiger charge is 2.11. The molecule has 0 aromatic rings. The van der Waals surface area contributed by atoms with E-state index in [2.05, 4.69) is 51.9 Å². The number of hydrogen-bond donors (Lipinski definition) is 2. The van der Waals surface area contributed by atoms with Crippen molar-refractivity contribution >= 4 is 5.96 Å². The first-order valence-corrected chi connectivity index (χ1v) is 5.86. The Hall–Kier alpha value is -0.730. The van der Waals surface area contributed by atoms with Gasteiger partial charge in [0.1, 0.15) is 0 Å². The van der Waals surface area contributed by atoms with Crippen LogP contribution in [0.5, 0.6) is 0 Å². The number of hydrogen-bond acceptors (Lipinski definition) is 1. The zero-order valence-electron chi connectivity index (χ0n) is 11.1. The second-order valence-corrected chi connectivity index (χ2v) is 5.49. The average molecular weight is 213 g/mol. The summed E-state index contributed by atoms with van der Waals surface area (Å²) in [6, 6.07) is 0.301. The molecule has 0 spiro atoms. The lowest BCUT2D eigenvalue weighted by Crippen LogP contribution is -2.45. The van der Waals surface area contributed by atoms with Crippen molar-refractivity contribution in [3.63, 3.8) is 0 Å². The summed E-state index contributed by atoms with van der Waals surface area (Å²) in [5.41, 5.74) is 5.81. The predicted molar refractivity (Wildman–Crippen MR) is 68.0 cm³/mol. The summed E-state index contributed by atoms with van der Waals surface area (Å²) in [5, 5.41) is 3.17. The molecule has 0 radical (unpaired) electrons. The molecular formula is C12H27N3. The minimum absolute atomic E-state index is 0.0102. The molecule has 0 aliphatic heterocycles.